The number of methoxy groups -OCH3 is 1. The van der Waals surface area contributed by atoms with E-state index in [0.717, 1.165) is 24.2 Å². The van der Waals surface area contributed by atoms with Gasteiger partial charge in [0.05, 0.1) is 13.2 Å². The zero-order chi connectivity index (χ0) is 26.1. The summed E-state index contributed by atoms with van der Waals surface area (Å²) in [6.07, 6.45) is 1.48. The molecule has 0 radical (unpaired) electrons. The van der Waals surface area contributed by atoms with Crippen molar-refractivity contribution in [2.75, 3.05) is 13.7 Å². The maximum atomic E-state index is 12.8. The summed E-state index contributed by atoms with van der Waals surface area (Å²) >= 11 is 0. The Morgan fingerprint density at radius 2 is 1.60 bits per heavy atom. The Morgan fingerprint density at radius 1 is 1.00 bits per heavy atom. The van der Waals surface area contributed by atoms with Crippen LogP contribution in [0.2, 0.25) is 0 Å². The standard InChI is InChI=1S/C20H28N2O4.C8H10O/c1-19(2,3)26-18(25)21-13-16(23)22-15(17(24)20(4)10-11-20)12-14-8-6-5-7-9-14;1-7-3-5-8(9-2)6-4-7/h5-9,15H,10-13H2,1-4H3,(H,21,25)(H,22,23);3-6H,1-2H3. The highest BCUT2D eigenvalue weighted by Gasteiger charge is 2.47. The molecule has 2 aromatic rings. The topological polar surface area (TPSA) is 93.7 Å². The number of ether oxygens (including phenoxy) is 2. The van der Waals surface area contributed by atoms with Crippen LogP contribution in [0, 0.1) is 12.3 Å². The van der Waals surface area contributed by atoms with Gasteiger partial charge in [0.15, 0.2) is 5.78 Å². The number of amides is 2. The van der Waals surface area contributed by atoms with E-state index in [1.165, 1.54) is 5.56 Å². The number of Topliss-reactive ketones (excluding diaryl/α,β-unsaturated/α-hetero) is 1. The first-order valence-corrected chi connectivity index (χ1v) is 11.9. The van der Waals surface area contributed by atoms with E-state index < -0.39 is 23.6 Å². The summed E-state index contributed by atoms with van der Waals surface area (Å²) in [4.78, 5) is 36.7. The molecule has 190 valence electrons. The number of rotatable bonds is 8. The van der Waals surface area contributed by atoms with Gasteiger partial charge in [-0.2, -0.15) is 0 Å². The number of hydrogen-bond donors (Lipinski definition) is 2. The van der Waals surface area contributed by atoms with Gasteiger partial charge < -0.3 is 20.1 Å². The van der Waals surface area contributed by atoms with Gasteiger partial charge in [0.1, 0.15) is 17.9 Å². The molecular weight excluding hydrogens is 444 g/mol. The smallest absolute Gasteiger partial charge is 0.408 e. The molecule has 0 heterocycles. The highest BCUT2D eigenvalue weighted by Crippen LogP contribution is 2.46. The largest absolute Gasteiger partial charge is 0.497 e. The minimum Gasteiger partial charge on any atom is -0.497 e. The second kappa shape index (κ2) is 12.4. The molecule has 3 rings (SSSR count). The van der Waals surface area contributed by atoms with Crippen LogP contribution < -0.4 is 15.4 Å². The number of alkyl carbamates (subject to hydrolysis) is 1. The molecule has 0 aromatic heterocycles. The third-order valence-corrected chi connectivity index (χ3v) is 5.58. The lowest BCUT2D eigenvalue weighted by atomic mass is 9.92. The second-order valence-corrected chi connectivity index (χ2v) is 10.1. The van der Waals surface area contributed by atoms with E-state index in [2.05, 4.69) is 17.6 Å². The molecule has 2 aromatic carbocycles. The third kappa shape index (κ3) is 10.2. The molecule has 2 amide bonds. The first kappa shape index (κ1) is 27.9. The maximum Gasteiger partial charge on any atom is 0.408 e. The number of hydrogen-bond acceptors (Lipinski definition) is 5. The van der Waals surface area contributed by atoms with E-state index in [9.17, 15) is 14.4 Å². The normalized spacial score (nSPS) is 14.5. The van der Waals surface area contributed by atoms with Crippen LogP contribution in [-0.4, -0.2) is 43.1 Å². The molecule has 0 spiro atoms. The SMILES string of the molecule is CC(C)(C)OC(=O)NCC(=O)NC(Cc1ccccc1)C(=O)C1(C)CC1.COc1ccc(C)cc1. The average molecular weight is 483 g/mol. The number of carbonyl (C=O) groups excluding carboxylic acids is 3. The van der Waals surface area contributed by atoms with Crippen LogP contribution in [-0.2, 0) is 20.7 Å². The summed E-state index contributed by atoms with van der Waals surface area (Å²) < 4.78 is 10.1. The van der Waals surface area contributed by atoms with Crippen LogP contribution in [0.5, 0.6) is 5.75 Å². The summed E-state index contributed by atoms with van der Waals surface area (Å²) in [6, 6.07) is 16.9. The van der Waals surface area contributed by atoms with Gasteiger partial charge in [-0.1, -0.05) is 55.0 Å². The van der Waals surface area contributed by atoms with Gasteiger partial charge >= 0.3 is 6.09 Å². The van der Waals surface area contributed by atoms with Crippen molar-refractivity contribution in [3.63, 3.8) is 0 Å². The minimum atomic E-state index is -0.659. The number of nitrogens with one attached hydrogen (secondary N) is 2. The minimum absolute atomic E-state index is 0.0481. The zero-order valence-corrected chi connectivity index (χ0v) is 21.6. The highest BCUT2D eigenvalue weighted by atomic mass is 16.6. The van der Waals surface area contributed by atoms with Gasteiger partial charge in [-0.25, -0.2) is 4.79 Å². The fourth-order valence-corrected chi connectivity index (χ4v) is 3.30. The molecule has 1 aliphatic carbocycles. The zero-order valence-electron chi connectivity index (χ0n) is 21.6. The van der Waals surface area contributed by atoms with E-state index in [1.807, 2.05) is 61.5 Å². The Balaban J connectivity index is 0.000000402. The molecule has 1 aliphatic rings. The first-order chi connectivity index (χ1) is 16.4. The van der Waals surface area contributed by atoms with Gasteiger partial charge in [-0.3, -0.25) is 9.59 Å². The van der Waals surface area contributed by atoms with Crippen LogP contribution in [0.3, 0.4) is 0 Å². The molecule has 7 heteroatoms. The van der Waals surface area contributed by atoms with Crippen LogP contribution >= 0.6 is 0 Å². The second-order valence-electron chi connectivity index (χ2n) is 10.1. The summed E-state index contributed by atoms with van der Waals surface area (Å²) in [7, 11) is 1.67. The lowest BCUT2D eigenvalue weighted by molar-refractivity contribution is -0.130. The van der Waals surface area contributed by atoms with Crippen LogP contribution in [0.15, 0.2) is 54.6 Å². The van der Waals surface area contributed by atoms with E-state index in [4.69, 9.17) is 9.47 Å². The van der Waals surface area contributed by atoms with E-state index >= 15 is 0 Å². The molecule has 1 saturated carbocycles. The quantitative estimate of drug-likeness (QED) is 0.573. The lowest BCUT2D eigenvalue weighted by Crippen LogP contribution is -2.48. The Labute approximate surface area is 208 Å². The van der Waals surface area contributed by atoms with E-state index in [0.29, 0.717) is 6.42 Å². The Hall–Kier alpha value is -3.35. The van der Waals surface area contributed by atoms with Crippen molar-refractivity contribution in [2.24, 2.45) is 5.41 Å². The predicted octanol–water partition coefficient (Wildman–Crippen LogP) is 4.61. The van der Waals surface area contributed by atoms with Crippen LogP contribution in [0.4, 0.5) is 4.79 Å². The van der Waals surface area contributed by atoms with Crippen LogP contribution in [0.25, 0.3) is 0 Å². The first-order valence-electron chi connectivity index (χ1n) is 11.9. The fraction of sp³-hybridized carbons (Fsp3) is 0.464. The van der Waals surface area contributed by atoms with Crippen molar-refractivity contribution >= 4 is 17.8 Å². The molecule has 1 unspecified atom stereocenters. The van der Waals surface area contributed by atoms with Crippen molar-refractivity contribution < 1.29 is 23.9 Å². The molecule has 2 N–H and O–H groups in total. The predicted molar refractivity (Wildman–Crippen MR) is 136 cm³/mol. The maximum absolute atomic E-state index is 12.8. The molecule has 1 atom stereocenters. The van der Waals surface area contributed by atoms with Crippen LogP contribution in [0.1, 0.15) is 51.7 Å². The Morgan fingerprint density at radius 3 is 2.11 bits per heavy atom. The summed E-state index contributed by atoms with van der Waals surface area (Å²) in [6.45, 7) is 8.99. The van der Waals surface area contributed by atoms with Crippen molar-refractivity contribution in [3.05, 3.63) is 65.7 Å². The average Bonchev–Trinajstić information content (AvgIpc) is 3.56. The molecule has 0 saturated heterocycles. The number of carbonyl (C=O) groups is 3. The van der Waals surface area contributed by atoms with Gasteiger partial charge in [0, 0.05) is 5.41 Å². The lowest BCUT2D eigenvalue weighted by Gasteiger charge is -2.22. The van der Waals surface area contributed by atoms with Gasteiger partial charge in [0.2, 0.25) is 5.91 Å². The highest BCUT2D eigenvalue weighted by molar-refractivity contribution is 5.95. The number of aryl methyl sites for hydroxylation is 1. The Bertz CT molecular complexity index is 977. The summed E-state index contributed by atoms with van der Waals surface area (Å²) in [5.41, 5.74) is 1.27. The van der Waals surface area contributed by atoms with Crippen molar-refractivity contribution in [1.29, 1.82) is 0 Å². The van der Waals surface area contributed by atoms with Crippen molar-refractivity contribution in [1.82, 2.24) is 10.6 Å². The Kier molecular flexibility index (Phi) is 9.87. The van der Waals surface area contributed by atoms with Crippen molar-refractivity contribution in [2.45, 2.75) is 65.5 Å². The van der Waals surface area contributed by atoms with Gasteiger partial charge in [0.25, 0.3) is 0 Å². The third-order valence-electron chi connectivity index (χ3n) is 5.58. The van der Waals surface area contributed by atoms with Gasteiger partial charge in [-0.15, -0.1) is 0 Å². The molecular formula is C28H38N2O5. The van der Waals surface area contributed by atoms with E-state index in [-0.39, 0.29) is 17.7 Å². The molecule has 7 nitrogen and oxygen atoms in total. The number of benzene rings is 2. The molecule has 0 bridgehead atoms. The molecule has 0 aliphatic heterocycles. The van der Waals surface area contributed by atoms with Gasteiger partial charge in [-0.05, 0) is 64.7 Å². The summed E-state index contributed by atoms with van der Waals surface area (Å²) in [5.74, 6) is 0.557. The van der Waals surface area contributed by atoms with Crippen molar-refractivity contribution in [3.8, 4) is 5.75 Å². The van der Waals surface area contributed by atoms with E-state index in [1.54, 1.807) is 27.9 Å². The molecule has 35 heavy (non-hydrogen) atoms. The number of ketones is 1. The summed E-state index contributed by atoms with van der Waals surface area (Å²) in [5, 5.41) is 5.19. The fourth-order valence-electron chi connectivity index (χ4n) is 3.30. The molecule has 1 fully saturated rings. The monoisotopic (exact) mass is 482 g/mol.